The molecule has 0 saturated carbocycles. The van der Waals surface area contributed by atoms with Gasteiger partial charge in [0.05, 0.1) is 32.2 Å². The van der Waals surface area contributed by atoms with Crippen molar-refractivity contribution >= 4 is 55.7 Å². The summed E-state index contributed by atoms with van der Waals surface area (Å²) >= 11 is 7.20. The summed E-state index contributed by atoms with van der Waals surface area (Å²) < 4.78 is 40.1. The highest BCUT2D eigenvalue weighted by atomic mass is 127. The van der Waals surface area contributed by atoms with Gasteiger partial charge in [-0.05, 0) is 53.7 Å². The molecule has 0 aliphatic carbocycles. The fourth-order valence-corrected chi connectivity index (χ4v) is 5.19. The topological polar surface area (TPSA) is 54.9 Å². The molecule has 1 aliphatic heterocycles. The lowest BCUT2D eigenvalue weighted by atomic mass is 10.2. The predicted molar refractivity (Wildman–Crippen MR) is 86.7 cm³/mol. The van der Waals surface area contributed by atoms with E-state index in [1.807, 2.05) is 22.6 Å². The number of halogens is 2. The summed E-state index contributed by atoms with van der Waals surface area (Å²) in [7, 11) is -3.04. The van der Waals surface area contributed by atoms with Gasteiger partial charge in [0, 0.05) is 6.07 Å². The largest absolute Gasteiger partial charge is 0.331 e. The summed E-state index contributed by atoms with van der Waals surface area (Å²) in [5.41, 5.74) is 1.37. The number of H-pyrrole nitrogens is 1. The molecule has 1 atom stereocenters. The van der Waals surface area contributed by atoms with E-state index in [1.54, 1.807) is 10.6 Å². The lowest BCUT2D eigenvalue weighted by molar-refractivity contribution is 0.475. The van der Waals surface area contributed by atoms with E-state index in [9.17, 15) is 12.8 Å². The number of fused-ring (bicyclic) bond motifs is 1. The molecule has 0 radical (unpaired) electrons. The highest BCUT2D eigenvalue weighted by Crippen LogP contribution is 2.29. The van der Waals surface area contributed by atoms with E-state index in [1.165, 1.54) is 6.07 Å². The van der Waals surface area contributed by atoms with Gasteiger partial charge in [-0.1, -0.05) is 0 Å². The molecule has 1 aromatic carbocycles. The minimum Gasteiger partial charge on any atom is -0.331 e. The number of hydrogen-bond acceptors (Lipinski definition) is 3. The second-order valence-electron chi connectivity index (χ2n) is 4.99. The van der Waals surface area contributed by atoms with Crippen molar-refractivity contribution in [2.24, 2.45) is 0 Å². The number of aromatic amines is 1. The average Bonchev–Trinajstić information content (AvgIpc) is 2.64. The van der Waals surface area contributed by atoms with Gasteiger partial charge in [0.15, 0.2) is 14.6 Å². The summed E-state index contributed by atoms with van der Waals surface area (Å²) in [5.74, 6) is -0.0210. The van der Waals surface area contributed by atoms with Gasteiger partial charge in [0.1, 0.15) is 5.82 Å². The Balaban J connectivity index is 2.18. The first-order chi connectivity index (χ1) is 9.37. The third-order valence-electron chi connectivity index (χ3n) is 3.56. The molecular weight excluding hydrogens is 414 g/mol. The summed E-state index contributed by atoms with van der Waals surface area (Å²) in [5, 5.41) is 0. The van der Waals surface area contributed by atoms with Crippen molar-refractivity contribution < 1.29 is 12.8 Å². The van der Waals surface area contributed by atoms with Crippen LogP contribution in [0.25, 0.3) is 11.0 Å². The number of aromatic nitrogens is 2. The summed E-state index contributed by atoms with van der Waals surface area (Å²) in [6, 6.07) is 2.90. The Labute approximate surface area is 134 Å². The van der Waals surface area contributed by atoms with Crippen molar-refractivity contribution in [2.75, 3.05) is 11.5 Å². The van der Waals surface area contributed by atoms with Gasteiger partial charge < -0.3 is 9.55 Å². The quantitative estimate of drug-likeness (QED) is 0.563. The van der Waals surface area contributed by atoms with Crippen molar-refractivity contribution in [3.63, 3.8) is 0 Å². The SMILES string of the molecule is O=S1(=O)CCCC(n2c(=S)[nH]c3cc(I)c(F)cc32)C1. The first kappa shape index (κ1) is 14.5. The van der Waals surface area contributed by atoms with Crippen LogP contribution in [0.15, 0.2) is 12.1 Å². The zero-order valence-corrected chi connectivity index (χ0v) is 14.2. The maximum absolute atomic E-state index is 13.8. The van der Waals surface area contributed by atoms with E-state index >= 15 is 0 Å². The Hall–Kier alpha value is -0.480. The van der Waals surface area contributed by atoms with Gasteiger partial charge in [-0.15, -0.1) is 0 Å². The Morgan fingerprint density at radius 2 is 2.20 bits per heavy atom. The molecule has 1 aliphatic rings. The first-order valence-electron chi connectivity index (χ1n) is 6.17. The Morgan fingerprint density at radius 1 is 1.45 bits per heavy atom. The van der Waals surface area contributed by atoms with Crippen LogP contribution < -0.4 is 0 Å². The molecule has 2 aromatic rings. The summed E-state index contributed by atoms with van der Waals surface area (Å²) in [4.78, 5) is 3.03. The lowest BCUT2D eigenvalue weighted by Crippen LogP contribution is -2.27. The molecule has 4 nitrogen and oxygen atoms in total. The number of sulfone groups is 1. The second kappa shape index (κ2) is 5.06. The molecule has 108 valence electrons. The van der Waals surface area contributed by atoms with Crippen LogP contribution in [0.4, 0.5) is 4.39 Å². The Morgan fingerprint density at radius 3 is 2.90 bits per heavy atom. The minimum absolute atomic E-state index is 0.0713. The molecular formula is C12H12FIN2O2S2. The maximum Gasteiger partial charge on any atom is 0.178 e. The van der Waals surface area contributed by atoms with Gasteiger partial charge in [-0.2, -0.15) is 0 Å². The predicted octanol–water partition coefficient (Wildman–Crippen LogP) is 3.19. The fraction of sp³-hybridized carbons (Fsp3) is 0.417. The number of hydrogen-bond donors (Lipinski definition) is 1. The van der Waals surface area contributed by atoms with Crippen LogP contribution in [-0.4, -0.2) is 29.5 Å². The van der Waals surface area contributed by atoms with Crippen LogP contribution in [0.1, 0.15) is 18.9 Å². The van der Waals surface area contributed by atoms with Gasteiger partial charge in [-0.3, -0.25) is 0 Å². The third kappa shape index (κ3) is 2.52. The highest BCUT2D eigenvalue weighted by molar-refractivity contribution is 14.1. The molecule has 1 aromatic heterocycles. The van der Waals surface area contributed by atoms with E-state index < -0.39 is 9.84 Å². The molecule has 3 rings (SSSR count). The number of rotatable bonds is 1. The molecule has 1 saturated heterocycles. The van der Waals surface area contributed by atoms with Crippen LogP contribution in [0, 0.1) is 14.2 Å². The van der Waals surface area contributed by atoms with Gasteiger partial charge in [0.2, 0.25) is 0 Å². The van der Waals surface area contributed by atoms with Crippen molar-refractivity contribution in [1.82, 2.24) is 9.55 Å². The fourth-order valence-electron chi connectivity index (χ4n) is 2.69. The highest BCUT2D eigenvalue weighted by Gasteiger charge is 2.27. The van der Waals surface area contributed by atoms with E-state index in [2.05, 4.69) is 4.98 Å². The van der Waals surface area contributed by atoms with E-state index in [0.717, 1.165) is 11.9 Å². The number of imidazole rings is 1. The third-order valence-corrected chi connectivity index (χ3v) is 6.49. The molecule has 8 heteroatoms. The van der Waals surface area contributed by atoms with Gasteiger partial charge in [0.25, 0.3) is 0 Å². The summed E-state index contributed by atoms with van der Waals surface area (Å²) in [6.45, 7) is 0. The van der Waals surface area contributed by atoms with E-state index in [0.29, 0.717) is 20.3 Å². The average molecular weight is 426 g/mol. The normalized spacial score (nSPS) is 22.2. The molecule has 1 unspecified atom stereocenters. The van der Waals surface area contributed by atoms with Gasteiger partial charge >= 0.3 is 0 Å². The van der Waals surface area contributed by atoms with Crippen molar-refractivity contribution in [2.45, 2.75) is 18.9 Å². The molecule has 0 amide bonds. The second-order valence-corrected chi connectivity index (χ2v) is 8.77. The van der Waals surface area contributed by atoms with Crippen LogP contribution in [0.2, 0.25) is 0 Å². The molecule has 20 heavy (non-hydrogen) atoms. The molecule has 0 spiro atoms. The molecule has 2 heterocycles. The summed E-state index contributed by atoms with van der Waals surface area (Å²) in [6.07, 6.45) is 1.36. The number of nitrogens with zero attached hydrogens (tertiary/aromatic N) is 1. The maximum atomic E-state index is 13.8. The van der Waals surface area contributed by atoms with Gasteiger partial charge in [-0.25, -0.2) is 12.8 Å². The Bertz CT molecular complexity index is 841. The van der Waals surface area contributed by atoms with E-state index in [4.69, 9.17) is 12.2 Å². The molecule has 1 N–H and O–H groups in total. The monoisotopic (exact) mass is 426 g/mol. The van der Waals surface area contributed by atoms with Crippen molar-refractivity contribution in [3.8, 4) is 0 Å². The smallest absolute Gasteiger partial charge is 0.178 e. The zero-order valence-electron chi connectivity index (χ0n) is 10.4. The van der Waals surface area contributed by atoms with Crippen LogP contribution in [0.5, 0.6) is 0 Å². The van der Waals surface area contributed by atoms with Crippen LogP contribution in [0.3, 0.4) is 0 Å². The van der Waals surface area contributed by atoms with E-state index in [-0.39, 0.29) is 23.4 Å². The van der Waals surface area contributed by atoms with Crippen LogP contribution in [-0.2, 0) is 9.84 Å². The number of nitrogens with one attached hydrogen (secondary N) is 1. The van der Waals surface area contributed by atoms with Crippen molar-refractivity contribution in [1.29, 1.82) is 0 Å². The molecule has 1 fully saturated rings. The lowest BCUT2D eigenvalue weighted by Gasteiger charge is -2.23. The minimum atomic E-state index is -3.04. The Kier molecular flexibility index (Phi) is 3.66. The van der Waals surface area contributed by atoms with Crippen molar-refractivity contribution in [3.05, 3.63) is 26.3 Å². The molecule has 0 bridgehead atoms. The zero-order chi connectivity index (χ0) is 14.5. The first-order valence-corrected chi connectivity index (χ1v) is 9.48. The van der Waals surface area contributed by atoms with Crippen LogP contribution >= 0.6 is 34.8 Å². The standard InChI is InChI=1S/C12H12FIN2O2S2/c13-8-4-11-10(5-9(8)14)15-12(19)16(11)7-2-1-3-20(17,18)6-7/h4-5,7H,1-3,6H2,(H,15,19). The number of benzene rings is 1.